The SMILES string of the molecule is CCc1ncnc(NCCc2ccc(Oc3ccc(Cl)nn3)cc2)c1Cl. The number of aromatic nitrogens is 4. The van der Waals surface area contributed by atoms with Gasteiger partial charge in [0.2, 0.25) is 5.88 Å². The maximum Gasteiger partial charge on any atom is 0.238 e. The van der Waals surface area contributed by atoms with E-state index in [1.165, 1.54) is 6.33 Å². The number of nitrogens with zero attached hydrogens (tertiary/aromatic N) is 4. The van der Waals surface area contributed by atoms with E-state index >= 15 is 0 Å². The summed E-state index contributed by atoms with van der Waals surface area (Å²) >= 11 is 12.0. The van der Waals surface area contributed by atoms with Gasteiger partial charge in [0.15, 0.2) is 5.15 Å². The first-order valence-corrected chi connectivity index (χ1v) is 8.90. The summed E-state index contributed by atoms with van der Waals surface area (Å²) in [6, 6.07) is 11.1. The van der Waals surface area contributed by atoms with Crippen LogP contribution in [0.15, 0.2) is 42.7 Å². The van der Waals surface area contributed by atoms with Crippen LogP contribution >= 0.6 is 23.2 Å². The molecule has 0 aliphatic heterocycles. The summed E-state index contributed by atoms with van der Waals surface area (Å²) in [5.41, 5.74) is 2.00. The molecule has 2 aromatic heterocycles. The molecule has 0 amide bonds. The van der Waals surface area contributed by atoms with E-state index in [4.69, 9.17) is 27.9 Å². The molecular formula is C18H17Cl2N5O. The van der Waals surface area contributed by atoms with Gasteiger partial charge in [-0.1, -0.05) is 42.3 Å². The normalized spacial score (nSPS) is 10.6. The van der Waals surface area contributed by atoms with Gasteiger partial charge >= 0.3 is 0 Å². The third kappa shape index (κ3) is 4.80. The molecule has 0 aliphatic carbocycles. The van der Waals surface area contributed by atoms with Gasteiger partial charge in [0.05, 0.1) is 5.69 Å². The van der Waals surface area contributed by atoms with E-state index in [2.05, 4.69) is 25.5 Å². The molecule has 2 heterocycles. The van der Waals surface area contributed by atoms with Crippen LogP contribution in [0, 0.1) is 0 Å². The number of halogens is 2. The zero-order valence-electron chi connectivity index (χ0n) is 14.1. The summed E-state index contributed by atoms with van der Waals surface area (Å²) in [5.74, 6) is 1.75. The maximum absolute atomic E-state index is 6.27. The highest BCUT2D eigenvalue weighted by atomic mass is 35.5. The number of rotatable bonds is 7. The lowest BCUT2D eigenvalue weighted by atomic mass is 10.1. The number of aryl methyl sites for hydroxylation is 1. The Kier molecular flexibility index (Phi) is 6.20. The van der Waals surface area contributed by atoms with E-state index in [1.54, 1.807) is 12.1 Å². The van der Waals surface area contributed by atoms with Crippen LogP contribution in [0.25, 0.3) is 0 Å². The Morgan fingerprint density at radius 2 is 1.81 bits per heavy atom. The van der Waals surface area contributed by atoms with Crippen molar-refractivity contribution in [2.75, 3.05) is 11.9 Å². The number of hydrogen-bond acceptors (Lipinski definition) is 6. The van der Waals surface area contributed by atoms with Crippen molar-refractivity contribution >= 4 is 29.0 Å². The van der Waals surface area contributed by atoms with E-state index in [-0.39, 0.29) is 0 Å². The molecule has 6 nitrogen and oxygen atoms in total. The number of nitrogens with one attached hydrogen (secondary N) is 1. The fourth-order valence-electron chi connectivity index (χ4n) is 2.30. The van der Waals surface area contributed by atoms with Crippen molar-refractivity contribution in [3.8, 4) is 11.6 Å². The molecule has 0 aliphatic rings. The fourth-order valence-corrected chi connectivity index (χ4v) is 2.70. The summed E-state index contributed by atoms with van der Waals surface area (Å²) in [7, 11) is 0. The van der Waals surface area contributed by atoms with Crippen molar-refractivity contribution < 1.29 is 4.74 Å². The predicted octanol–water partition coefficient (Wildman–Crippen LogP) is 4.58. The van der Waals surface area contributed by atoms with Crippen LogP contribution in [0.3, 0.4) is 0 Å². The molecular weight excluding hydrogens is 373 g/mol. The summed E-state index contributed by atoms with van der Waals surface area (Å²) < 4.78 is 5.62. The Morgan fingerprint density at radius 1 is 1.00 bits per heavy atom. The Hall–Kier alpha value is -2.44. The second kappa shape index (κ2) is 8.78. The van der Waals surface area contributed by atoms with Gasteiger partial charge in [0.25, 0.3) is 0 Å². The van der Waals surface area contributed by atoms with Crippen LogP contribution in [-0.2, 0) is 12.8 Å². The van der Waals surface area contributed by atoms with Crippen molar-refractivity contribution in [2.24, 2.45) is 0 Å². The Labute approximate surface area is 161 Å². The topological polar surface area (TPSA) is 72.8 Å². The van der Waals surface area contributed by atoms with Gasteiger partial charge in [-0.3, -0.25) is 0 Å². The minimum Gasteiger partial charge on any atom is -0.438 e. The first-order chi connectivity index (χ1) is 12.7. The predicted molar refractivity (Wildman–Crippen MR) is 102 cm³/mol. The molecule has 0 saturated carbocycles. The molecule has 1 N–H and O–H groups in total. The van der Waals surface area contributed by atoms with Crippen LogP contribution in [-0.4, -0.2) is 26.7 Å². The van der Waals surface area contributed by atoms with Crippen LogP contribution < -0.4 is 10.1 Å². The van der Waals surface area contributed by atoms with E-state index in [9.17, 15) is 0 Å². The monoisotopic (exact) mass is 389 g/mol. The Morgan fingerprint density at radius 3 is 2.50 bits per heavy atom. The molecule has 3 rings (SSSR count). The second-order valence-electron chi connectivity index (χ2n) is 5.45. The second-order valence-corrected chi connectivity index (χ2v) is 6.22. The van der Waals surface area contributed by atoms with Gasteiger partial charge in [-0.25, -0.2) is 9.97 Å². The van der Waals surface area contributed by atoms with E-state index in [0.717, 1.165) is 24.1 Å². The summed E-state index contributed by atoms with van der Waals surface area (Å²) in [6.45, 7) is 2.72. The zero-order chi connectivity index (χ0) is 18.4. The fraction of sp³-hybridized carbons (Fsp3) is 0.222. The standard InChI is InChI=1S/C18H17Cl2N5O/c1-2-14-17(20)18(23-11-22-14)21-10-9-12-3-5-13(6-4-12)26-16-8-7-15(19)24-25-16/h3-8,11H,2,9-10H2,1H3,(H,21,22,23). The van der Waals surface area contributed by atoms with Crippen molar-refractivity contribution in [3.63, 3.8) is 0 Å². The van der Waals surface area contributed by atoms with Gasteiger partial charge < -0.3 is 10.1 Å². The van der Waals surface area contributed by atoms with Crippen molar-refractivity contribution in [3.05, 3.63) is 64.2 Å². The van der Waals surface area contributed by atoms with E-state index < -0.39 is 0 Å². The van der Waals surface area contributed by atoms with Gasteiger partial charge in [0.1, 0.15) is 22.9 Å². The highest BCUT2D eigenvalue weighted by molar-refractivity contribution is 6.33. The number of anilines is 1. The minimum absolute atomic E-state index is 0.329. The van der Waals surface area contributed by atoms with Crippen LogP contribution in [0.1, 0.15) is 18.2 Å². The third-order valence-electron chi connectivity index (χ3n) is 3.66. The molecule has 8 heteroatoms. The molecule has 1 aromatic carbocycles. The Bertz CT molecular complexity index is 856. The smallest absolute Gasteiger partial charge is 0.238 e. The summed E-state index contributed by atoms with van der Waals surface area (Å²) in [4.78, 5) is 8.35. The van der Waals surface area contributed by atoms with Crippen LogP contribution in [0.2, 0.25) is 10.2 Å². The third-order valence-corrected chi connectivity index (χ3v) is 4.25. The van der Waals surface area contributed by atoms with Gasteiger partial charge in [-0.2, -0.15) is 0 Å². The summed E-state index contributed by atoms with van der Waals surface area (Å²) in [5, 5.41) is 11.8. The molecule has 26 heavy (non-hydrogen) atoms. The number of benzene rings is 1. The lowest BCUT2D eigenvalue weighted by Crippen LogP contribution is -2.08. The Balaban J connectivity index is 1.54. The molecule has 3 aromatic rings. The molecule has 0 radical (unpaired) electrons. The first kappa shape index (κ1) is 18.4. The van der Waals surface area contributed by atoms with E-state index in [0.29, 0.717) is 34.2 Å². The average Bonchev–Trinajstić information content (AvgIpc) is 2.66. The van der Waals surface area contributed by atoms with Crippen molar-refractivity contribution in [2.45, 2.75) is 19.8 Å². The van der Waals surface area contributed by atoms with E-state index in [1.807, 2.05) is 31.2 Å². The first-order valence-electron chi connectivity index (χ1n) is 8.15. The molecule has 0 saturated heterocycles. The van der Waals surface area contributed by atoms with Crippen LogP contribution in [0.4, 0.5) is 5.82 Å². The van der Waals surface area contributed by atoms with Gasteiger partial charge in [-0.15, -0.1) is 10.2 Å². The molecule has 0 fully saturated rings. The lowest BCUT2D eigenvalue weighted by Gasteiger charge is -2.09. The minimum atomic E-state index is 0.329. The van der Waals surface area contributed by atoms with Crippen molar-refractivity contribution in [1.82, 2.24) is 20.2 Å². The molecule has 134 valence electrons. The zero-order valence-corrected chi connectivity index (χ0v) is 15.6. The molecule has 0 atom stereocenters. The average molecular weight is 390 g/mol. The van der Waals surface area contributed by atoms with Crippen molar-refractivity contribution in [1.29, 1.82) is 0 Å². The highest BCUT2D eigenvalue weighted by Crippen LogP contribution is 2.23. The maximum atomic E-state index is 6.27. The number of ether oxygens (including phenoxy) is 1. The molecule has 0 unspecified atom stereocenters. The van der Waals surface area contributed by atoms with Gasteiger partial charge in [0, 0.05) is 12.6 Å². The molecule has 0 spiro atoms. The van der Waals surface area contributed by atoms with Gasteiger partial charge in [-0.05, 0) is 36.6 Å². The number of hydrogen-bond donors (Lipinski definition) is 1. The largest absolute Gasteiger partial charge is 0.438 e. The van der Waals surface area contributed by atoms with Crippen LogP contribution in [0.5, 0.6) is 11.6 Å². The summed E-state index contributed by atoms with van der Waals surface area (Å²) in [6.07, 6.45) is 3.12. The highest BCUT2D eigenvalue weighted by Gasteiger charge is 2.07. The molecule has 0 bridgehead atoms. The lowest BCUT2D eigenvalue weighted by molar-refractivity contribution is 0.455. The quantitative estimate of drug-likeness (QED) is 0.637.